The van der Waals surface area contributed by atoms with Gasteiger partial charge in [0.25, 0.3) is 0 Å². The Morgan fingerprint density at radius 1 is 1.20 bits per heavy atom. The molecule has 1 aliphatic rings. The highest BCUT2D eigenvalue weighted by Gasteiger charge is 2.29. The molecule has 0 saturated heterocycles. The predicted molar refractivity (Wildman–Crippen MR) is 97.0 cm³/mol. The molecule has 1 fully saturated rings. The van der Waals surface area contributed by atoms with Crippen LogP contribution in [-0.4, -0.2) is 36.3 Å². The molecule has 1 aromatic carbocycles. The van der Waals surface area contributed by atoms with Gasteiger partial charge < -0.3 is 25.8 Å². The number of benzene rings is 1. The third-order valence-corrected chi connectivity index (χ3v) is 4.41. The number of urea groups is 1. The topological polar surface area (TPSA) is 99.7 Å². The second-order valence-corrected chi connectivity index (χ2v) is 6.41. The Balaban J connectivity index is 1.95. The van der Waals surface area contributed by atoms with Crippen LogP contribution in [0.15, 0.2) is 18.2 Å². The Morgan fingerprint density at radius 3 is 2.56 bits per heavy atom. The van der Waals surface area contributed by atoms with E-state index in [0.29, 0.717) is 36.4 Å². The molecule has 3 amide bonds. The first-order chi connectivity index (χ1) is 12.0. The van der Waals surface area contributed by atoms with Crippen LogP contribution < -0.4 is 20.7 Å². The number of amides is 3. The Hall–Kier alpha value is -2.28. The van der Waals surface area contributed by atoms with Crippen molar-refractivity contribution in [2.75, 3.05) is 24.3 Å². The van der Waals surface area contributed by atoms with Gasteiger partial charge in [0.05, 0.1) is 18.4 Å². The molecule has 7 nitrogen and oxygen atoms in total. The summed E-state index contributed by atoms with van der Waals surface area (Å²) in [5.41, 5.74) is 0.217. The molecule has 0 heterocycles. The molecular weight excluding hydrogens is 322 g/mol. The molecule has 138 valence electrons. The van der Waals surface area contributed by atoms with Gasteiger partial charge in [0, 0.05) is 18.7 Å². The largest absolute Gasteiger partial charge is 0.495 e. The molecule has 2 rings (SSSR count). The zero-order chi connectivity index (χ0) is 18.3. The van der Waals surface area contributed by atoms with Crippen LogP contribution in [0.4, 0.5) is 16.2 Å². The second-order valence-electron chi connectivity index (χ2n) is 6.41. The normalized spacial score (nSPS) is 16.0. The van der Waals surface area contributed by atoms with E-state index in [0.717, 1.165) is 19.3 Å². The Morgan fingerprint density at radius 2 is 1.92 bits per heavy atom. The van der Waals surface area contributed by atoms with E-state index < -0.39 is 11.6 Å². The lowest BCUT2D eigenvalue weighted by molar-refractivity contribution is -0.115. The Labute approximate surface area is 148 Å². The van der Waals surface area contributed by atoms with Gasteiger partial charge in [-0.3, -0.25) is 4.79 Å². The highest BCUT2D eigenvalue weighted by Crippen LogP contribution is 2.29. The predicted octanol–water partition coefficient (Wildman–Crippen LogP) is 2.86. The van der Waals surface area contributed by atoms with E-state index in [1.807, 2.05) is 0 Å². The molecule has 4 N–H and O–H groups in total. The van der Waals surface area contributed by atoms with Crippen LogP contribution in [0.3, 0.4) is 0 Å². The quantitative estimate of drug-likeness (QED) is 0.634. The Bertz CT molecular complexity index is 612. The average Bonchev–Trinajstić information content (AvgIpc) is 2.61. The lowest BCUT2D eigenvalue weighted by Gasteiger charge is -2.32. The van der Waals surface area contributed by atoms with Gasteiger partial charge in [-0.1, -0.05) is 26.2 Å². The highest BCUT2D eigenvalue weighted by molar-refractivity contribution is 5.94. The van der Waals surface area contributed by atoms with Gasteiger partial charge in [0.1, 0.15) is 5.75 Å². The van der Waals surface area contributed by atoms with E-state index in [-0.39, 0.29) is 12.5 Å². The molecule has 25 heavy (non-hydrogen) atoms. The maximum Gasteiger partial charge on any atom is 0.319 e. The fourth-order valence-corrected chi connectivity index (χ4v) is 2.93. The number of hydrogen-bond donors (Lipinski definition) is 4. The van der Waals surface area contributed by atoms with Crippen molar-refractivity contribution in [3.8, 4) is 5.75 Å². The van der Waals surface area contributed by atoms with E-state index >= 15 is 0 Å². The van der Waals surface area contributed by atoms with Gasteiger partial charge >= 0.3 is 6.03 Å². The van der Waals surface area contributed by atoms with Crippen LogP contribution in [0.5, 0.6) is 5.75 Å². The van der Waals surface area contributed by atoms with E-state index in [1.165, 1.54) is 7.11 Å². The van der Waals surface area contributed by atoms with Crippen LogP contribution in [-0.2, 0) is 4.79 Å². The van der Waals surface area contributed by atoms with Gasteiger partial charge in [0.15, 0.2) is 0 Å². The van der Waals surface area contributed by atoms with Crippen molar-refractivity contribution in [1.82, 2.24) is 5.32 Å². The van der Waals surface area contributed by atoms with E-state index in [1.54, 1.807) is 25.1 Å². The van der Waals surface area contributed by atoms with Crippen molar-refractivity contribution >= 4 is 23.3 Å². The van der Waals surface area contributed by atoms with Gasteiger partial charge in [-0.15, -0.1) is 0 Å². The van der Waals surface area contributed by atoms with Crippen LogP contribution in [0.25, 0.3) is 0 Å². The summed E-state index contributed by atoms with van der Waals surface area (Å²) < 4.78 is 5.21. The first-order valence-electron chi connectivity index (χ1n) is 8.71. The molecular formula is C18H27N3O4. The second kappa shape index (κ2) is 8.71. The number of carbonyl (C=O) groups excluding carboxylic acids is 2. The molecule has 1 saturated carbocycles. The molecule has 0 aliphatic heterocycles. The third-order valence-electron chi connectivity index (χ3n) is 4.41. The van der Waals surface area contributed by atoms with Crippen molar-refractivity contribution in [2.24, 2.45) is 0 Å². The van der Waals surface area contributed by atoms with E-state index in [2.05, 4.69) is 16.0 Å². The lowest BCUT2D eigenvalue weighted by Crippen LogP contribution is -2.45. The minimum atomic E-state index is -0.810. The third kappa shape index (κ3) is 5.63. The Kier molecular flexibility index (Phi) is 6.64. The summed E-state index contributed by atoms with van der Waals surface area (Å²) in [5.74, 6) is 0.378. The fraction of sp³-hybridized carbons (Fsp3) is 0.556. The number of ether oxygens (including phenoxy) is 1. The maximum absolute atomic E-state index is 12.1. The molecule has 0 aromatic heterocycles. The van der Waals surface area contributed by atoms with Gasteiger partial charge in [-0.2, -0.15) is 0 Å². The molecule has 0 atom stereocenters. The molecule has 0 unspecified atom stereocenters. The number of methoxy groups -OCH3 is 1. The van der Waals surface area contributed by atoms with Crippen molar-refractivity contribution in [2.45, 2.75) is 51.0 Å². The van der Waals surface area contributed by atoms with Crippen LogP contribution in [0.1, 0.15) is 45.4 Å². The molecule has 7 heteroatoms. The summed E-state index contributed by atoms with van der Waals surface area (Å²) >= 11 is 0. The van der Waals surface area contributed by atoms with E-state index in [9.17, 15) is 14.7 Å². The first kappa shape index (κ1) is 19.1. The van der Waals surface area contributed by atoms with Gasteiger partial charge in [-0.25, -0.2) is 4.79 Å². The van der Waals surface area contributed by atoms with Gasteiger partial charge in [-0.05, 0) is 31.0 Å². The number of carbonyl (C=O) groups is 2. The molecule has 0 bridgehead atoms. The standard InChI is InChI=1S/C18H27N3O4/c1-3-16(22)21-14-11-13(7-8-15(14)25-2)20-17(23)19-12-18(24)9-5-4-6-10-18/h7-8,11,24H,3-6,9-10,12H2,1-2H3,(H,21,22)(H2,19,20,23). The maximum atomic E-state index is 12.1. The van der Waals surface area contributed by atoms with Crippen LogP contribution in [0, 0.1) is 0 Å². The number of rotatable bonds is 6. The first-order valence-corrected chi connectivity index (χ1v) is 8.71. The van der Waals surface area contributed by atoms with Crippen LogP contribution in [0.2, 0.25) is 0 Å². The van der Waals surface area contributed by atoms with E-state index in [4.69, 9.17) is 4.74 Å². The number of aliphatic hydroxyl groups is 1. The summed E-state index contributed by atoms with van der Waals surface area (Å²) in [5, 5.41) is 18.6. The van der Waals surface area contributed by atoms with Crippen LogP contribution >= 0.6 is 0 Å². The fourth-order valence-electron chi connectivity index (χ4n) is 2.93. The summed E-state index contributed by atoms with van der Waals surface area (Å²) in [4.78, 5) is 23.7. The van der Waals surface area contributed by atoms with Crippen molar-refractivity contribution in [1.29, 1.82) is 0 Å². The van der Waals surface area contributed by atoms with Gasteiger partial charge in [0.2, 0.25) is 5.91 Å². The smallest absolute Gasteiger partial charge is 0.319 e. The number of anilines is 2. The van der Waals surface area contributed by atoms with Crippen molar-refractivity contribution < 1.29 is 19.4 Å². The lowest BCUT2D eigenvalue weighted by atomic mass is 9.85. The summed E-state index contributed by atoms with van der Waals surface area (Å²) in [6, 6.07) is 4.61. The number of hydrogen-bond acceptors (Lipinski definition) is 4. The van der Waals surface area contributed by atoms with Crippen molar-refractivity contribution in [3.05, 3.63) is 18.2 Å². The average molecular weight is 349 g/mol. The number of nitrogens with one attached hydrogen (secondary N) is 3. The SMILES string of the molecule is CCC(=O)Nc1cc(NC(=O)NCC2(O)CCCCC2)ccc1OC. The zero-order valence-corrected chi connectivity index (χ0v) is 14.9. The summed E-state index contributed by atoms with van der Waals surface area (Å²) in [7, 11) is 1.52. The molecule has 1 aromatic rings. The van der Waals surface area contributed by atoms with Crippen molar-refractivity contribution in [3.63, 3.8) is 0 Å². The monoisotopic (exact) mass is 349 g/mol. The highest BCUT2D eigenvalue weighted by atomic mass is 16.5. The molecule has 1 aliphatic carbocycles. The summed E-state index contributed by atoms with van der Waals surface area (Å²) in [6.07, 6.45) is 4.87. The summed E-state index contributed by atoms with van der Waals surface area (Å²) in [6.45, 7) is 1.99. The minimum absolute atomic E-state index is 0.139. The molecule has 0 spiro atoms. The molecule has 0 radical (unpaired) electrons. The minimum Gasteiger partial charge on any atom is -0.495 e. The zero-order valence-electron chi connectivity index (χ0n) is 14.9.